The number of thioether (sulfide) groups is 1. The van der Waals surface area contributed by atoms with E-state index in [0.717, 1.165) is 23.4 Å². The van der Waals surface area contributed by atoms with Gasteiger partial charge in [0.25, 0.3) is 0 Å². The van der Waals surface area contributed by atoms with Crippen LogP contribution in [0.4, 0.5) is 8.78 Å². The minimum absolute atomic E-state index is 0.0976. The highest BCUT2D eigenvalue weighted by Gasteiger charge is 2.13. The van der Waals surface area contributed by atoms with Crippen molar-refractivity contribution < 1.29 is 13.5 Å². The first-order valence-corrected chi connectivity index (χ1v) is 9.23. The molecule has 28 heavy (non-hydrogen) atoms. The van der Waals surface area contributed by atoms with Crippen LogP contribution in [-0.4, -0.2) is 26.3 Å². The Kier molecular flexibility index (Phi) is 4.82. The lowest BCUT2D eigenvalue weighted by molar-refractivity contribution is 0.414. The standard InChI is InChI=1S/C19H14F2N4O2S/c1-27-14-4-2-3-12(9-14)11-28-19-23-22-17-18(26)24(7-8-25(17)19)13-5-6-15(20)16(21)10-13/h2-10H,11H2,1H3. The summed E-state index contributed by atoms with van der Waals surface area (Å²) in [6, 6.07) is 10.9. The van der Waals surface area contributed by atoms with E-state index < -0.39 is 17.2 Å². The molecule has 0 unspecified atom stereocenters. The van der Waals surface area contributed by atoms with Gasteiger partial charge < -0.3 is 4.74 Å². The highest BCUT2D eigenvalue weighted by Crippen LogP contribution is 2.23. The number of ether oxygens (including phenoxy) is 1. The second kappa shape index (κ2) is 7.43. The molecule has 6 nitrogen and oxygen atoms in total. The molecule has 0 N–H and O–H groups in total. The Morgan fingerprint density at radius 3 is 2.71 bits per heavy atom. The SMILES string of the molecule is COc1cccc(CSc2nnc3c(=O)n(-c4ccc(F)c(F)c4)ccn23)c1. The Hall–Kier alpha value is -3.20. The van der Waals surface area contributed by atoms with Gasteiger partial charge in [0, 0.05) is 24.2 Å². The van der Waals surface area contributed by atoms with Crippen LogP contribution in [-0.2, 0) is 5.75 Å². The van der Waals surface area contributed by atoms with Gasteiger partial charge in [0.15, 0.2) is 16.8 Å². The van der Waals surface area contributed by atoms with E-state index in [0.29, 0.717) is 10.9 Å². The summed E-state index contributed by atoms with van der Waals surface area (Å²) in [5.41, 5.74) is 0.867. The van der Waals surface area contributed by atoms with E-state index in [2.05, 4.69) is 10.2 Å². The molecular weight excluding hydrogens is 386 g/mol. The molecule has 142 valence electrons. The van der Waals surface area contributed by atoms with E-state index >= 15 is 0 Å². The van der Waals surface area contributed by atoms with Crippen molar-refractivity contribution in [2.45, 2.75) is 10.9 Å². The zero-order valence-electron chi connectivity index (χ0n) is 14.7. The lowest BCUT2D eigenvalue weighted by Crippen LogP contribution is -2.20. The molecule has 0 fully saturated rings. The maximum Gasteiger partial charge on any atom is 0.300 e. The van der Waals surface area contributed by atoms with Crippen LogP contribution >= 0.6 is 11.8 Å². The quantitative estimate of drug-likeness (QED) is 0.480. The summed E-state index contributed by atoms with van der Waals surface area (Å²) in [5.74, 6) is -0.625. The summed E-state index contributed by atoms with van der Waals surface area (Å²) in [4.78, 5) is 12.7. The summed E-state index contributed by atoms with van der Waals surface area (Å²) >= 11 is 1.42. The number of hydrogen-bond donors (Lipinski definition) is 0. The average Bonchev–Trinajstić information content (AvgIpc) is 3.13. The van der Waals surface area contributed by atoms with Gasteiger partial charge in [-0.1, -0.05) is 23.9 Å². The second-order valence-electron chi connectivity index (χ2n) is 5.89. The van der Waals surface area contributed by atoms with E-state index in [4.69, 9.17) is 4.74 Å². The minimum Gasteiger partial charge on any atom is -0.497 e. The van der Waals surface area contributed by atoms with Crippen LogP contribution in [0.1, 0.15) is 5.56 Å². The van der Waals surface area contributed by atoms with E-state index in [1.54, 1.807) is 17.7 Å². The first kappa shape index (κ1) is 18.2. The molecule has 0 saturated heterocycles. The molecule has 0 aliphatic rings. The fourth-order valence-corrected chi connectivity index (χ4v) is 3.57. The Morgan fingerprint density at radius 2 is 1.93 bits per heavy atom. The Labute approximate surface area is 162 Å². The molecule has 2 heterocycles. The normalized spacial score (nSPS) is 11.1. The molecular formula is C19H14F2N4O2S. The van der Waals surface area contributed by atoms with Crippen LogP contribution < -0.4 is 10.3 Å². The molecule has 4 aromatic rings. The number of nitrogens with zero attached hydrogens (tertiary/aromatic N) is 4. The summed E-state index contributed by atoms with van der Waals surface area (Å²) < 4.78 is 34.6. The summed E-state index contributed by atoms with van der Waals surface area (Å²) in [7, 11) is 1.61. The van der Waals surface area contributed by atoms with Crippen LogP contribution in [0.15, 0.2) is 64.8 Å². The molecule has 9 heteroatoms. The molecule has 0 aliphatic carbocycles. The first-order chi connectivity index (χ1) is 13.6. The highest BCUT2D eigenvalue weighted by atomic mass is 32.2. The lowest BCUT2D eigenvalue weighted by atomic mass is 10.2. The maximum atomic E-state index is 13.5. The number of benzene rings is 2. The van der Waals surface area contributed by atoms with Crippen molar-refractivity contribution in [2.24, 2.45) is 0 Å². The summed E-state index contributed by atoms with van der Waals surface area (Å²) in [5, 5.41) is 8.58. The van der Waals surface area contributed by atoms with Crippen molar-refractivity contribution in [3.63, 3.8) is 0 Å². The van der Waals surface area contributed by atoms with Crippen LogP contribution in [0, 0.1) is 11.6 Å². The van der Waals surface area contributed by atoms with Gasteiger partial charge in [-0.25, -0.2) is 8.78 Å². The molecule has 0 saturated carbocycles. The predicted octanol–water partition coefficient (Wildman–Crippen LogP) is 3.46. The monoisotopic (exact) mass is 400 g/mol. The molecule has 2 aromatic heterocycles. The third-order valence-corrected chi connectivity index (χ3v) is 5.14. The Morgan fingerprint density at radius 1 is 1.07 bits per heavy atom. The lowest BCUT2D eigenvalue weighted by Gasteiger charge is -2.07. The molecule has 4 rings (SSSR count). The third kappa shape index (κ3) is 3.36. The molecule has 0 spiro atoms. The van der Waals surface area contributed by atoms with Gasteiger partial charge in [-0.3, -0.25) is 13.8 Å². The van der Waals surface area contributed by atoms with Gasteiger partial charge in [0.1, 0.15) is 5.75 Å². The number of fused-ring (bicyclic) bond motifs is 1. The second-order valence-corrected chi connectivity index (χ2v) is 6.83. The van der Waals surface area contributed by atoms with Crippen molar-refractivity contribution in [3.05, 3.63) is 82.4 Å². The number of rotatable bonds is 5. The van der Waals surface area contributed by atoms with Crippen LogP contribution in [0.2, 0.25) is 0 Å². The van der Waals surface area contributed by atoms with Gasteiger partial charge in [0.05, 0.1) is 12.8 Å². The van der Waals surface area contributed by atoms with E-state index in [-0.39, 0.29) is 11.3 Å². The Bertz CT molecular complexity index is 1220. The van der Waals surface area contributed by atoms with Crippen LogP contribution in [0.5, 0.6) is 5.75 Å². The number of methoxy groups -OCH3 is 1. The minimum atomic E-state index is -1.03. The first-order valence-electron chi connectivity index (χ1n) is 8.24. The number of halogens is 2. The van der Waals surface area contributed by atoms with Gasteiger partial charge in [-0.15, -0.1) is 10.2 Å². The zero-order chi connectivity index (χ0) is 19.7. The largest absolute Gasteiger partial charge is 0.497 e. The van der Waals surface area contributed by atoms with Crippen molar-refractivity contribution in [3.8, 4) is 11.4 Å². The molecule has 0 aliphatic heterocycles. The number of aromatic nitrogens is 4. The van der Waals surface area contributed by atoms with Gasteiger partial charge in [-0.2, -0.15) is 0 Å². The predicted molar refractivity (Wildman–Crippen MR) is 101 cm³/mol. The summed E-state index contributed by atoms with van der Waals surface area (Å²) in [6.07, 6.45) is 3.09. The maximum absolute atomic E-state index is 13.5. The van der Waals surface area contributed by atoms with Crippen LogP contribution in [0.25, 0.3) is 11.3 Å². The third-order valence-electron chi connectivity index (χ3n) is 4.12. The van der Waals surface area contributed by atoms with E-state index in [1.807, 2.05) is 24.3 Å². The average molecular weight is 400 g/mol. The molecule has 2 aromatic carbocycles. The smallest absolute Gasteiger partial charge is 0.300 e. The molecule has 0 radical (unpaired) electrons. The molecule has 0 bridgehead atoms. The van der Waals surface area contributed by atoms with E-state index in [9.17, 15) is 13.6 Å². The van der Waals surface area contributed by atoms with Gasteiger partial charge >= 0.3 is 5.56 Å². The Balaban J connectivity index is 1.64. The molecule has 0 amide bonds. The topological polar surface area (TPSA) is 61.4 Å². The van der Waals surface area contributed by atoms with Crippen molar-refractivity contribution in [2.75, 3.05) is 7.11 Å². The fourth-order valence-electron chi connectivity index (χ4n) is 2.71. The van der Waals surface area contributed by atoms with E-state index in [1.165, 1.54) is 28.6 Å². The van der Waals surface area contributed by atoms with Gasteiger partial charge in [0.2, 0.25) is 5.65 Å². The fraction of sp³-hybridized carbons (Fsp3) is 0.105. The van der Waals surface area contributed by atoms with Crippen LogP contribution in [0.3, 0.4) is 0 Å². The van der Waals surface area contributed by atoms with Gasteiger partial charge in [-0.05, 0) is 29.8 Å². The van der Waals surface area contributed by atoms with Crippen molar-refractivity contribution >= 4 is 17.4 Å². The molecule has 0 atom stereocenters. The zero-order valence-corrected chi connectivity index (χ0v) is 15.5. The summed E-state index contributed by atoms with van der Waals surface area (Å²) in [6.45, 7) is 0. The highest BCUT2D eigenvalue weighted by molar-refractivity contribution is 7.98. The van der Waals surface area contributed by atoms with Crippen molar-refractivity contribution in [1.82, 2.24) is 19.2 Å². The van der Waals surface area contributed by atoms with Crippen molar-refractivity contribution in [1.29, 1.82) is 0 Å². The number of hydrogen-bond acceptors (Lipinski definition) is 5.